The second kappa shape index (κ2) is 7.16. The van der Waals surface area contributed by atoms with Gasteiger partial charge in [-0.25, -0.2) is 12.4 Å². The van der Waals surface area contributed by atoms with Gasteiger partial charge in [0.15, 0.2) is 0 Å². The molecule has 0 radical (unpaired) electrons. The molecule has 0 aliphatic rings. The van der Waals surface area contributed by atoms with Crippen molar-refractivity contribution >= 4 is 21.6 Å². The zero-order chi connectivity index (χ0) is 20.5. The van der Waals surface area contributed by atoms with Gasteiger partial charge < -0.3 is 5.32 Å². The number of benzene rings is 2. The molecule has 9 heteroatoms. The molecule has 1 N–H and O–H groups in total. The quantitative estimate of drug-likeness (QED) is 0.700. The van der Waals surface area contributed by atoms with E-state index in [1.54, 1.807) is 31.2 Å². The third-order valence-corrected chi connectivity index (χ3v) is 5.76. The predicted octanol–water partition coefficient (Wildman–Crippen LogP) is 4.30. The number of hydrogen-bond acceptors (Lipinski definition) is 3. The fourth-order valence-corrected chi connectivity index (χ4v) is 4.04. The van der Waals surface area contributed by atoms with Gasteiger partial charge in [0.05, 0.1) is 10.5 Å². The number of carbonyl (C=O) groups excluding carboxylic acids is 1. The summed E-state index contributed by atoms with van der Waals surface area (Å²) in [5.74, 6) is -1.17. The van der Waals surface area contributed by atoms with Crippen LogP contribution in [0.2, 0.25) is 0 Å². The Morgan fingerprint density at radius 2 is 1.57 bits per heavy atom. The van der Waals surface area contributed by atoms with Gasteiger partial charge >= 0.3 is 6.18 Å². The van der Waals surface area contributed by atoms with E-state index < -0.39 is 33.4 Å². The molecule has 0 saturated carbocycles. The summed E-state index contributed by atoms with van der Waals surface area (Å²) in [7, 11) is -4.40. The summed E-state index contributed by atoms with van der Waals surface area (Å²) in [6, 6.07) is 14.0. The minimum atomic E-state index is -4.91. The number of para-hydroxylation sites is 1. The Kier molecular flexibility index (Phi) is 5.03. The van der Waals surface area contributed by atoms with Crippen LogP contribution in [0.3, 0.4) is 0 Å². The summed E-state index contributed by atoms with van der Waals surface area (Å²) >= 11 is 0. The zero-order valence-corrected chi connectivity index (χ0v) is 15.4. The molecule has 3 rings (SSSR count). The first-order chi connectivity index (χ1) is 13.1. The number of nitrogens with zero attached hydrogens (tertiary/aromatic N) is 1. The highest BCUT2D eigenvalue weighted by Gasteiger charge is 2.40. The van der Waals surface area contributed by atoms with Gasteiger partial charge in [-0.15, -0.1) is 0 Å². The van der Waals surface area contributed by atoms with Crippen molar-refractivity contribution < 1.29 is 26.4 Å². The van der Waals surface area contributed by atoms with Crippen molar-refractivity contribution in [2.24, 2.45) is 0 Å². The van der Waals surface area contributed by atoms with Crippen molar-refractivity contribution in [3.8, 4) is 0 Å². The van der Waals surface area contributed by atoms with E-state index >= 15 is 0 Å². The summed E-state index contributed by atoms with van der Waals surface area (Å²) in [4.78, 5) is 12.5. The van der Waals surface area contributed by atoms with E-state index in [4.69, 9.17) is 0 Å². The number of aryl methyl sites for hydroxylation is 1. The van der Waals surface area contributed by atoms with E-state index in [0.29, 0.717) is 15.6 Å². The lowest BCUT2D eigenvalue weighted by atomic mass is 10.2. The van der Waals surface area contributed by atoms with Crippen LogP contribution in [-0.2, 0) is 16.2 Å². The Morgan fingerprint density at radius 1 is 0.964 bits per heavy atom. The number of halogens is 3. The molecule has 3 aromatic rings. The van der Waals surface area contributed by atoms with Crippen molar-refractivity contribution in [1.29, 1.82) is 0 Å². The first kappa shape index (κ1) is 19.7. The molecule has 0 spiro atoms. The maximum absolute atomic E-state index is 13.4. The van der Waals surface area contributed by atoms with Crippen LogP contribution in [0.5, 0.6) is 0 Å². The van der Waals surface area contributed by atoms with E-state index in [2.05, 4.69) is 5.32 Å². The van der Waals surface area contributed by atoms with E-state index in [1.165, 1.54) is 30.3 Å². The first-order valence-corrected chi connectivity index (χ1v) is 9.52. The molecule has 0 fully saturated rings. The largest absolute Gasteiger partial charge is 0.418 e. The average molecular weight is 408 g/mol. The molecule has 0 bridgehead atoms. The third kappa shape index (κ3) is 3.65. The molecule has 5 nitrogen and oxygen atoms in total. The van der Waals surface area contributed by atoms with Gasteiger partial charge in [-0.3, -0.25) is 4.79 Å². The lowest BCUT2D eigenvalue weighted by molar-refractivity contribution is -0.137. The molecule has 1 amide bonds. The Hall–Kier alpha value is -3.07. The van der Waals surface area contributed by atoms with Crippen LogP contribution in [0.15, 0.2) is 71.8 Å². The Bertz CT molecular complexity index is 1120. The third-order valence-electron chi connectivity index (χ3n) is 4.07. The van der Waals surface area contributed by atoms with Gasteiger partial charge in [0.1, 0.15) is 5.69 Å². The van der Waals surface area contributed by atoms with E-state index in [1.807, 2.05) is 0 Å². The number of anilines is 1. The van der Waals surface area contributed by atoms with Gasteiger partial charge in [0, 0.05) is 11.9 Å². The highest BCUT2D eigenvalue weighted by molar-refractivity contribution is 7.90. The summed E-state index contributed by atoms with van der Waals surface area (Å²) in [6.45, 7) is 1.67. The van der Waals surface area contributed by atoms with Crippen molar-refractivity contribution in [3.63, 3.8) is 0 Å². The monoisotopic (exact) mass is 408 g/mol. The Labute approximate surface area is 159 Å². The molecule has 0 atom stereocenters. The zero-order valence-electron chi connectivity index (χ0n) is 14.6. The molecular weight excluding hydrogens is 393 g/mol. The molecular formula is C19H15F3N2O3S. The Balaban J connectivity index is 2.15. The van der Waals surface area contributed by atoms with Crippen molar-refractivity contribution in [2.75, 3.05) is 5.32 Å². The molecule has 2 aromatic carbocycles. The van der Waals surface area contributed by atoms with Crippen LogP contribution in [0.25, 0.3) is 0 Å². The summed E-state index contributed by atoms with van der Waals surface area (Å²) in [6.07, 6.45) is -4.17. The molecule has 1 heterocycles. The highest BCUT2D eigenvalue weighted by Crippen LogP contribution is 2.34. The van der Waals surface area contributed by atoms with Crippen LogP contribution < -0.4 is 5.32 Å². The number of aromatic nitrogens is 1. The van der Waals surface area contributed by atoms with Crippen LogP contribution in [0.4, 0.5) is 18.9 Å². The van der Waals surface area contributed by atoms with Gasteiger partial charge in [0.25, 0.3) is 15.9 Å². The van der Waals surface area contributed by atoms with Crippen LogP contribution >= 0.6 is 0 Å². The average Bonchev–Trinajstić information content (AvgIpc) is 3.11. The minimum Gasteiger partial charge on any atom is -0.320 e. The second-order valence-electron chi connectivity index (χ2n) is 5.96. The lowest BCUT2D eigenvalue weighted by Gasteiger charge is -2.14. The molecule has 0 aliphatic carbocycles. The lowest BCUT2D eigenvalue weighted by Crippen LogP contribution is -2.25. The van der Waals surface area contributed by atoms with Gasteiger partial charge in [-0.2, -0.15) is 13.2 Å². The number of carbonyl (C=O) groups is 1. The van der Waals surface area contributed by atoms with E-state index in [0.717, 1.165) is 6.20 Å². The SMILES string of the molecule is Cc1ccccc1NC(=O)c1c(C(F)(F)F)ccn1S(=O)(=O)c1ccccc1. The number of nitrogens with one attached hydrogen (secondary N) is 1. The second-order valence-corrected chi connectivity index (χ2v) is 7.77. The predicted molar refractivity (Wildman–Crippen MR) is 97.6 cm³/mol. The Morgan fingerprint density at radius 3 is 2.18 bits per heavy atom. The minimum absolute atomic E-state index is 0.232. The van der Waals surface area contributed by atoms with Crippen LogP contribution in [0.1, 0.15) is 21.6 Å². The molecule has 0 aliphatic heterocycles. The fraction of sp³-hybridized carbons (Fsp3) is 0.105. The molecule has 0 unspecified atom stereocenters. The van der Waals surface area contributed by atoms with Crippen molar-refractivity contribution in [1.82, 2.24) is 3.97 Å². The number of alkyl halides is 3. The summed E-state index contributed by atoms with van der Waals surface area (Å²) in [5, 5.41) is 2.36. The number of amides is 1. The highest BCUT2D eigenvalue weighted by atomic mass is 32.2. The maximum atomic E-state index is 13.4. The van der Waals surface area contributed by atoms with Gasteiger partial charge in [0.2, 0.25) is 0 Å². The molecule has 28 heavy (non-hydrogen) atoms. The van der Waals surface area contributed by atoms with Crippen LogP contribution in [0, 0.1) is 6.92 Å². The first-order valence-electron chi connectivity index (χ1n) is 8.08. The maximum Gasteiger partial charge on any atom is 0.418 e. The number of hydrogen-bond donors (Lipinski definition) is 1. The number of rotatable bonds is 4. The molecule has 1 aromatic heterocycles. The normalized spacial score (nSPS) is 12.0. The topological polar surface area (TPSA) is 68.2 Å². The van der Waals surface area contributed by atoms with Gasteiger partial charge in [-0.05, 0) is 36.8 Å². The van der Waals surface area contributed by atoms with E-state index in [9.17, 15) is 26.4 Å². The van der Waals surface area contributed by atoms with E-state index in [-0.39, 0.29) is 10.6 Å². The fourth-order valence-electron chi connectivity index (χ4n) is 2.67. The summed E-state index contributed by atoms with van der Waals surface area (Å²) in [5.41, 5.74) is -1.43. The van der Waals surface area contributed by atoms with Crippen molar-refractivity contribution in [2.45, 2.75) is 18.0 Å². The molecule has 0 saturated heterocycles. The molecule has 146 valence electrons. The van der Waals surface area contributed by atoms with Gasteiger partial charge in [-0.1, -0.05) is 36.4 Å². The standard InChI is InChI=1S/C19H15F3N2O3S/c1-13-7-5-6-10-16(13)23-18(25)17-15(19(20,21)22)11-12-24(17)28(26,27)14-8-3-2-4-9-14/h2-12H,1H3,(H,23,25). The summed E-state index contributed by atoms with van der Waals surface area (Å²) < 4.78 is 66.4. The smallest absolute Gasteiger partial charge is 0.320 e. The van der Waals surface area contributed by atoms with Crippen LogP contribution in [-0.4, -0.2) is 18.3 Å². The van der Waals surface area contributed by atoms with Crippen molar-refractivity contribution in [3.05, 3.63) is 83.7 Å².